The van der Waals surface area contributed by atoms with E-state index in [0.717, 1.165) is 4.90 Å². The molecule has 0 fully saturated rings. The van der Waals surface area contributed by atoms with Crippen LogP contribution in [0.2, 0.25) is 0 Å². The van der Waals surface area contributed by atoms with Crippen LogP contribution in [0.15, 0.2) is 65.6 Å². The zero-order valence-corrected chi connectivity index (χ0v) is 15.6. The second-order valence-corrected chi connectivity index (χ2v) is 6.22. The number of thioether (sulfide) groups is 1. The molecule has 0 amide bonds. The van der Waals surface area contributed by atoms with Gasteiger partial charge in [0, 0.05) is 27.3 Å². The number of carbonyl (C=O) groups excluding carboxylic acids is 2. The fraction of sp³-hybridized carbons (Fsp3) is 0.238. The molecule has 2 aromatic rings. The van der Waals surface area contributed by atoms with Crippen molar-refractivity contribution in [1.82, 2.24) is 0 Å². The van der Waals surface area contributed by atoms with Crippen LogP contribution in [0.4, 0.5) is 0 Å². The monoisotopic (exact) mass is 340 g/mol. The Morgan fingerprint density at radius 3 is 1.92 bits per heavy atom. The summed E-state index contributed by atoms with van der Waals surface area (Å²) in [5.41, 5.74) is 2.95. The summed E-state index contributed by atoms with van der Waals surface area (Å²) in [4.78, 5) is 24.7. The molecule has 0 heterocycles. The van der Waals surface area contributed by atoms with Crippen LogP contribution in [0.25, 0.3) is 0 Å². The maximum absolute atomic E-state index is 12.3. The highest BCUT2D eigenvalue weighted by Gasteiger charge is 2.11. The van der Waals surface area contributed by atoms with E-state index in [0.29, 0.717) is 22.5 Å². The van der Waals surface area contributed by atoms with Crippen LogP contribution in [-0.4, -0.2) is 17.3 Å². The molecule has 0 spiro atoms. The van der Waals surface area contributed by atoms with Crippen molar-refractivity contribution in [3.05, 3.63) is 77.4 Å². The van der Waals surface area contributed by atoms with Crippen LogP contribution in [0, 0.1) is 6.92 Å². The predicted octanol–water partition coefficient (Wildman–Crippen LogP) is 5.76. The maximum atomic E-state index is 12.3. The Morgan fingerprint density at radius 2 is 1.42 bits per heavy atom. The number of Topliss-reactive ketones (excluding diaryl/α,β-unsaturated/α-hetero) is 2. The molecule has 2 rings (SSSR count). The lowest BCUT2D eigenvalue weighted by Gasteiger charge is -2.06. The van der Waals surface area contributed by atoms with Gasteiger partial charge in [-0.25, -0.2) is 0 Å². The summed E-state index contributed by atoms with van der Waals surface area (Å²) < 4.78 is 0. The van der Waals surface area contributed by atoms with E-state index < -0.39 is 0 Å². The van der Waals surface area contributed by atoms with Crippen molar-refractivity contribution < 1.29 is 9.59 Å². The molecular weight excluding hydrogens is 316 g/mol. The summed E-state index contributed by atoms with van der Waals surface area (Å²) in [5, 5.41) is 0. The lowest BCUT2D eigenvalue weighted by atomic mass is 10.0. The molecule has 0 aliphatic carbocycles. The number of ketones is 2. The van der Waals surface area contributed by atoms with Gasteiger partial charge in [-0.1, -0.05) is 62.4 Å². The van der Waals surface area contributed by atoms with Crippen LogP contribution in [0.5, 0.6) is 0 Å². The first-order valence-electron chi connectivity index (χ1n) is 8.00. The van der Waals surface area contributed by atoms with Crippen LogP contribution >= 0.6 is 11.8 Å². The van der Waals surface area contributed by atoms with Gasteiger partial charge < -0.3 is 0 Å². The first kappa shape index (κ1) is 19.9. The Bertz CT molecular complexity index is 698. The van der Waals surface area contributed by atoms with Crippen molar-refractivity contribution in [1.29, 1.82) is 0 Å². The van der Waals surface area contributed by atoms with Crippen molar-refractivity contribution >= 4 is 23.3 Å². The van der Waals surface area contributed by atoms with Crippen molar-refractivity contribution in [2.45, 2.75) is 32.6 Å². The van der Waals surface area contributed by atoms with E-state index in [2.05, 4.69) is 6.58 Å². The molecule has 0 aliphatic heterocycles. The molecule has 0 aromatic heterocycles. The largest absolute Gasteiger partial charge is 0.295 e. The third-order valence-corrected chi connectivity index (χ3v) is 4.41. The van der Waals surface area contributed by atoms with E-state index in [1.807, 2.05) is 45.0 Å². The minimum atomic E-state index is -0.0743. The summed E-state index contributed by atoms with van der Waals surface area (Å²) in [6, 6.07) is 14.9. The molecule has 0 N–H and O–H groups in total. The van der Waals surface area contributed by atoms with E-state index in [1.165, 1.54) is 12.5 Å². The summed E-state index contributed by atoms with van der Waals surface area (Å²) in [6.45, 7) is 11.4. The Kier molecular flexibility index (Phi) is 8.20. The average molecular weight is 340 g/mol. The number of benzene rings is 2. The smallest absolute Gasteiger partial charge is 0.189 e. The van der Waals surface area contributed by atoms with Gasteiger partial charge in [-0.2, -0.15) is 0 Å². The summed E-state index contributed by atoms with van der Waals surface area (Å²) >= 11 is 1.59. The summed E-state index contributed by atoms with van der Waals surface area (Å²) in [5.74, 6) is 0.471. The Balaban J connectivity index is 0.00000139. The lowest BCUT2D eigenvalue weighted by Crippen LogP contribution is -2.05. The van der Waals surface area contributed by atoms with E-state index in [9.17, 15) is 9.59 Å². The summed E-state index contributed by atoms with van der Waals surface area (Å²) in [7, 11) is 0. The van der Waals surface area contributed by atoms with Gasteiger partial charge in [0.15, 0.2) is 11.6 Å². The highest BCUT2D eigenvalue weighted by molar-refractivity contribution is 7.99. The Hall–Kier alpha value is -2.13. The molecule has 0 saturated carbocycles. The van der Waals surface area contributed by atoms with Gasteiger partial charge in [0.2, 0.25) is 0 Å². The fourth-order valence-electron chi connectivity index (χ4n) is 1.93. The molecule has 2 aromatic carbocycles. The standard InChI is InChI=1S/C19H18O2S.C2H6/c1-13-4-10-18(11-5-13)22-12-14(2)19(21)17-8-6-16(7-9-17)15(3)20;1-2/h4-11H,2,12H2,1,3H3;1-2H3. The Morgan fingerprint density at radius 1 is 0.917 bits per heavy atom. The van der Waals surface area contributed by atoms with Crippen molar-refractivity contribution in [3.8, 4) is 0 Å². The van der Waals surface area contributed by atoms with Crippen LogP contribution in [-0.2, 0) is 0 Å². The number of hydrogen-bond donors (Lipinski definition) is 0. The predicted molar refractivity (Wildman–Crippen MR) is 103 cm³/mol. The molecule has 0 unspecified atom stereocenters. The SMILES string of the molecule is C=C(CSc1ccc(C)cc1)C(=O)c1ccc(C(C)=O)cc1.CC. The third kappa shape index (κ3) is 5.82. The molecule has 0 aliphatic rings. The van der Waals surface area contributed by atoms with E-state index in [1.54, 1.807) is 36.0 Å². The van der Waals surface area contributed by atoms with Crippen LogP contribution < -0.4 is 0 Å². The van der Waals surface area contributed by atoms with Crippen LogP contribution in [0.3, 0.4) is 0 Å². The normalized spacial score (nSPS) is 9.67. The lowest BCUT2D eigenvalue weighted by molar-refractivity contribution is 0.101. The van der Waals surface area contributed by atoms with Gasteiger partial charge in [-0.05, 0) is 26.0 Å². The zero-order chi connectivity index (χ0) is 18.1. The fourth-order valence-corrected chi connectivity index (χ4v) is 2.73. The molecule has 24 heavy (non-hydrogen) atoms. The summed E-state index contributed by atoms with van der Waals surface area (Å²) in [6.07, 6.45) is 0. The molecule has 2 nitrogen and oxygen atoms in total. The second kappa shape index (κ2) is 9.89. The maximum Gasteiger partial charge on any atom is 0.189 e. The molecule has 0 saturated heterocycles. The van der Waals surface area contributed by atoms with Gasteiger partial charge in [-0.15, -0.1) is 11.8 Å². The Labute approximate surface area is 149 Å². The van der Waals surface area contributed by atoms with Crippen molar-refractivity contribution in [2.75, 3.05) is 5.75 Å². The number of rotatable bonds is 6. The topological polar surface area (TPSA) is 34.1 Å². The molecule has 0 bridgehead atoms. The first-order valence-corrected chi connectivity index (χ1v) is 8.99. The van der Waals surface area contributed by atoms with Gasteiger partial charge in [0.05, 0.1) is 0 Å². The zero-order valence-electron chi connectivity index (χ0n) is 14.8. The van der Waals surface area contributed by atoms with Gasteiger partial charge in [-0.3, -0.25) is 9.59 Å². The number of carbonyl (C=O) groups is 2. The quantitative estimate of drug-likeness (QED) is 0.381. The third-order valence-electron chi connectivity index (χ3n) is 3.31. The minimum Gasteiger partial charge on any atom is -0.295 e. The van der Waals surface area contributed by atoms with Crippen LogP contribution in [0.1, 0.15) is 47.1 Å². The molecule has 0 atom stereocenters. The van der Waals surface area contributed by atoms with Gasteiger partial charge >= 0.3 is 0 Å². The van der Waals surface area contributed by atoms with E-state index in [4.69, 9.17) is 0 Å². The molecular formula is C21H24O2S. The van der Waals surface area contributed by atoms with Crippen molar-refractivity contribution in [3.63, 3.8) is 0 Å². The highest BCUT2D eigenvalue weighted by atomic mass is 32.2. The highest BCUT2D eigenvalue weighted by Crippen LogP contribution is 2.22. The number of hydrogen-bond acceptors (Lipinski definition) is 3. The minimum absolute atomic E-state index is 0.00671. The van der Waals surface area contributed by atoms with Gasteiger partial charge in [0.1, 0.15) is 0 Å². The first-order chi connectivity index (χ1) is 11.5. The van der Waals surface area contributed by atoms with Crippen molar-refractivity contribution in [2.24, 2.45) is 0 Å². The molecule has 3 heteroatoms. The van der Waals surface area contributed by atoms with E-state index >= 15 is 0 Å². The average Bonchev–Trinajstić information content (AvgIpc) is 2.62. The molecule has 126 valence electrons. The van der Waals surface area contributed by atoms with Gasteiger partial charge in [0.25, 0.3) is 0 Å². The van der Waals surface area contributed by atoms with E-state index in [-0.39, 0.29) is 11.6 Å². The molecule has 0 radical (unpaired) electrons. The number of aryl methyl sites for hydroxylation is 1. The second-order valence-electron chi connectivity index (χ2n) is 5.17.